The number of hydrogen-bond donors (Lipinski definition) is 2. The number of carboxylic acid groups (broad SMARTS) is 1. The quantitative estimate of drug-likeness (QED) is 0.898. The van der Waals surface area contributed by atoms with Gasteiger partial charge in [-0.3, -0.25) is 4.72 Å². The fraction of sp³-hybridized carbons (Fsp3) is 0.0833. The molecular weight excluding hydrogens is 287 g/mol. The van der Waals surface area contributed by atoms with Crippen molar-refractivity contribution in [1.82, 2.24) is 4.57 Å². The fourth-order valence-electron chi connectivity index (χ4n) is 1.68. The van der Waals surface area contributed by atoms with Crippen LogP contribution >= 0.6 is 0 Å². The van der Waals surface area contributed by atoms with Crippen LogP contribution in [-0.4, -0.2) is 24.1 Å². The van der Waals surface area contributed by atoms with Crippen molar-refractivity contribution in [3.05, 3.63) is 47.9 Å². The summed E-state index contributed by atoms with van der Waals surface area (Å²) in [6.45, 7) is 0. The van der Waals surface area contributed by atoms with Gasteiger partial charge in [0.25, 0.3) is 10.0 Å². The maximum absolute atomic E-state index is 13.5. The molecular formula is C12H11FN2O4S. The summed E-state index contributed by atoms with van der Waals surface area (Å²) in [6, 6.07) is 5.96. The van der Waals surface area contributed by atoms with Crippen LogP contribution in [0.25, 0.3) is 0 Å². The second-order valence-corrected chi connectivity index (χ2v) is 5.69. The average Bonchev–Trinajstić information content (AvgIpc) is 2.75. The molecule has 0 aliphatic carbocycles. The van der Waals surface area contributed by atoms with Gasteiger partial charge in [-0.05, 0) is 30.3 Å². The third-order valence-electron chi connectivity index (χ3n) is 2.62. The lowest BCUT2D eigenvalue weighted by Gasteiger charge is -2.09. The van der Waals surface area contributed by atoms with E-state index >= 15 is 0 Å². The summed E-state index contributed by atoms with van der Waals surface area (Å²) in [7, 11) is -2.29. The molecule has 1 heterocycles. The Labute approximate surface area is 114 Å². The van der Waals surface area contributed by atoms with Gasteiger partial charge in [-0.1, -0.05) is 0 Å². The van der Waals surface area contributed by atoms with E-state index in [0.29, 0.717) is 0 Å². The minimum absolute atomic E-state index is 0.0141. The topological polar surface area (TPSA) is 88.4 Å². The van der Waals surface area contributed by atoms with Crippen LogP contribution in [0.5, 0.6) is 0 Å². The van der Waals surface area contributed by atoms with Crippen LogP contribution in [0.4, 0.5) is 10.1 Å². The Morgan fingerprint density at radius 3 is 2.55 bits per heavy atom. The summed E-state index contributed by atoms with van der Waals surface area (Å²) in [5.41, 5.74) is -0.569. The molecule has 0 saturated carbocycles. The first-order valence-corrected chi connectivity index (χ1v) is 6.96. The lowest BCUT2D eigenvalue weighted by molar-refractivity contribution is 0.0692. The van der Waals surface area contributed by atoms with Crippen molar-refractivity contribution in [3.8, 4) is 0 Å². The second kappa shape index (κ2) is 4.97. The van der Waals surface area contributed by atoms with Gasteiger partial charge < -0.3 is 9.67 Å². The van der Waals surface area contributed by atoms with E-state index in [1.54, 1.807) is 19.3 Å². The number of rotatable bonds is 4. The highest BCUT2D eigenvalue weighted by Crippen LogP contribution is 2.19. The maximum atomic E-state index is 13.5. The van der Waals surface area contributed by atoms with Crippen LogP contribution < -0.4 is 4.72 Å². The van der Waals surface area contributed by atoms with Crippen molar-refractivity contribution < 1.29 is 22.7 Å². The number of halogens is 1. The minimum Gasteiger partial charge on any atom is -0.478 e. The highest BCUT2D eigenvalue weighted by atomic mass is 32.2. The molecule has 1 aromatic carbocycles. The van der Waals surface area contributed by atoms with E-state index in [2.05, 4.69) is 4.72 Å². The number of aromatic carboxylic acids is 1. The molecule has 0 fully saturated rings. The molecule has 0 aliphatic rings. The zero-order chi connectivity index (χ0) is 14.9. The SMILES string of the molecule is Cn1cccc1S(=O)(=O)Nc1ccc(C(=O)O)c(F)c1. The fourth-order valence-corrected chi connectivity index (χ4v) is 2.92. The largest absolute Gasteiger partial charge is 0.478 e. The van der Waals surface area contributed by atoms with Crippen molar-refractivity contribution in [2.24, 2.45) is 7.05 Å². The van der Waals surface area contributed by atoms with Gasteiger partial charge in [-0.25, -0.2) is 9.18 Å². The molecule has 0 atom stereocenters. The zero-order valence-electron chi connectivity index (χ0n) is 10.4. The van der Waals surface area contributed by atoms with Gasteiger partial charge in [0.05, 0.1) is 11.3 Å². The molecule has 0 radical (unpaired) electrons. The molecule has 8 heteroatoms. The number of benzene rings is 1. The van der Waals surface area contributed by atoms with E-state index in [1.807, 2.05) is 0 Å². The van der Waals surface area contributed by atoms with Gasteiger partial charge in [0, 0.05) is 13.2 Å². The molecule has 2 rings (SSSR count). The van der Waals surface area contributed by atoms with Crippen molar-refractivity contribution in [1.29, 1.82) is 0 Å². The molecule has 0 bridgehead atoms. The molecule has 2 aromatic rings. The lowest BCUT2D eigenvalue weighted by Crippen LogP contribution is -2.16. The van der Waals surface area contributed by atoms with Crippen LogP contribution in [0.3, 0.4) is 0 Å². The molecule has 6 nitrogen and oxygen atoms in total. The number of carboxylic acids is 1. The van der Waals surface area contributed by atoms with E-state index in [0.717, 1.165) is 12.1 Å². The smallest absolute Gasteiger partial charge is 0.338 e. The van der Waals surface area contributed by atoms with Crippen molar-refractivity contribution in [2.45, 2.75) is 5.03 Å². The molecule has 0 aliphatic heterocycles. The highest BCUT2D eigenvalue weighted by Gasteiger charge is 2.18. The molecule has 106 valence electrons. The van der Waals surface area contributed by atoms with E-state index in [4.69, 9.17) is 5.11 Å². The van der Waals surface area contributed by atoms with Crippen molar-refractivity contribution in [3.63, 3.8) is 0 Å². The first-order valence-electron chi connectivity index (χ1n) is 5.48. The first kappa shape index (κ1) is 14.1. The Balaban J connectivity index is 2.33. The third kappa shape index (κ3) is 2.64. The molecule has 0 saturated heterocycles. The Kier molecular flexibility index (Phi) is 3.49. The number of hydrogen-bond acceptors (Lipinski definition) is 3. The monoisotopic (exact) mass is 298 g/mol. The number of aryl methyl sites for hydroxylation is 1. The Bertz CT molecular complexity index is 768. The van der Waals surface area contributed by atoms with Gasteiger partial charge >= 0.3 is 5.97 Å². The Morgan fingerprint density at radius 1 is 1.35 bits per heavy atom. The number of nitrogens with zero attached hydrogens (tertiary/aromatic N) is 1. The van der Waals surface area contributed by atoms with Crippen LogP contribution in [-0.2, 0) is 17.1 Å². The summed E-state index contributed by atoms with van der Waals surface area (Å²) in [5, 5.41) is 8.71. The predicted molar refractivity (Wildman–Crippen MR) is 69.6 cm³/mol. The molecule has 2 N–H and O–H groups in total. The van der Waals surface area contributed by atoms with E-state index in [-0.39, 0.29) is 10.7 Å². The predicted octanol–water partition coefficient (Wildman–Crippen LogP) is 1.66. The summed E-state index contributed by atoms with van der Waals surface area (Å²) >= 11 is 0. The number of anilines is 1. The van der Waals surface area contributed by atoms with Gasteiger partial charge in [0.15, 0.2) is 5.03 Å². The third-order valence-corrected chi connectivity index (χ3v) is 4.10. The van der Waals surface area contributed by atoms with Gasteiger partial charge in [0.2, 0.25) is 0 Å². The van der Waals surface area contributed by atoms with Gasteiger partial charge in [-0.15, -0.1) is 0 Å². The maximum Gasteiger partial charge on any atom is 0.338 e. The Hall–Kier alpha value is -2.35. The number of aromatic nitrogens is 1. The highest BCUT2D eigenvalue weighted by molar-refractivity contribution is 7.92. The minimum atomic E-state index is -3.85. The molecule has 1 aromatic heterocycles. The van der Waals surface area contributed by atoms with Crippen LogP contribution in [0.1, 0.15) is 10.4 Å². The summed E-state index contributed by atoms with van der Waals surface area (Å²) in [4.78, 5) is 10.7. The van der Waals surface area contributed by atoms with Crippen molar-refractivity contribution in [2.75, 3.05) is 4.72 Å². The van der Waals surface area contributed by atoms with Crippen LogP contribution in [0.15, 0.2) is 41.6 Å². The molecule has 0 amide bonds. The normalized spacial score (nSPS) is 11.3. The number of sulfonamides is 1. The second-order valence-electron chi connectivity index (χ2n) is 4.06. The van der Waals surface area contributed by atoms with Gasteiger partial charge in [-0.2, -0.15) is 8.42 Å². The van der Waals surface area contributed by atoms with E-state index < -0.39 is 27.4 Å². The molecule has 0 unspecified atom stereocenters. The van der Waals surface area contributed by atoms with Crippen LogP contribution in [0.2, 0.25) is 0 Å². The average molecular weight is 298 g/mol. The van der Waals surface area contributed by atoms with E-state index in [1.165, 1.54) is 16.7 Å². The summed E-state index contributed by atoms with van der Waals surface area (Å²) in [6.07, 6.45) is 1.56. The standard InChI is InChI=1S/C12H11FN2O4S/c1-15-6-2-3-11(15)20(18,19)14-8-4-5-9(12(16)17)10(13)7-8/h2-7,14H,1H3,(H,16,17). The first-order chi connectivity index (χ1) is 9.31. The molecule has 20 heavy (non-hydrogen) atoms. The Morgan fingerprint density at radius 2 is 2.05 bits per heavy atom. The van der Waals surface area contributed by atoms with E-state index in [9.17, 15) is 17.6 Å². The lowest BCUT2D eigenvalue weighted by atomic mass is 10.2. The summed E-state index contributed by atoms with van der Waals surface area (Å²) < 4.78 is 41.1. The summed E-state index contributed by atoms with van der Waals surface area (Å²) in [5.74, 6) is -2.43. The van der Waals surface area contributed by atoms with Crippen molar-refractivity contribution >= 4 is 21.7 Å². The number of nitrogens with one attached hydrogen (secondary N) is 1. The zero-order valence-corrected chi connectivity index (χ0v) is 11.2. The molecule has 0 spiro atoms. The number of carbonyl (C=O) groups is 1. The van der Waals surface area contributed by atoms with Gasteiger partial charge in [0.1, 0.15) is 5.82 Å². The van der Waals surface area contributed by atoms with Crippen LogP contribution in [0, 0.1) is 5.82 Å².